The second kappa shape index (κ2) is 8.13. The van der Waals surface area contributed by atoms with Gasteiger partial charge in [0.15, 0.2) is 26.1 Å². The molecule has 9 heteroatoms. The summed E-state index contributed by atoms with van der Waals surface area (Å²) >= 11 is 0. The number of rotatable bonds is 6. The zero-order chi connectivity index (χ0) is 22.1. The van der Waals surface area contributed by atoms with Crippen LogP contribution in [0, 0.1) is 12.3 Å². The van der Waals surface area contributed by atoms with E-state index in [1.54, 1.807) is 18.2 Å². The number of piperidine rings is 1. The van der Waals surface area contributed by atoms with Crippen molar-refractivity contribution in [2.45, 2.75) is 22.5 Å². The highest BCUT2D eigenvalue weighted by Crippen LogP contribution is 2.38. The van der Waals surface area contributed by atoms with Gasteiger partial charge in [-0.15, -0.1) is 6.42 Å². The van der Waals surface area contributed by atoms with Gasteiger partial charge >= 0.3 is 5.97 Å². The van der Waals surface area contributed by atoms with Crippen LogP contribution in [0.5, 0.6) is 23.0 Å². The second-order valence-electron chi connectivity index (χ2n) is 7.37. The molecule has 1 saturated heterocycles. The fourth-order valence-corrected chi connectivity index (χ4v) is 5.68. The van der Waals surface area contributed by atoms with Crippen molar-refractivity contribution >= 4 is 15.8 Å². The van der Waals surface area contributed by atoms with Gasteiger partial charge < -0.3 is 19.3 Å². The summed E-state index contributed by atoms with van der Waals surface area (Å²) in [4.78, 5) is 13.9. The summed E-state index contributed by atoms with van der Waals surface area (Å²) in [6.07, 6.45) is 5.26. The average molecular weight is 443 g/mol. The highest BCUT2D eigenvalue weighted by Gasteiger charge is 2.53. The summed E-state index contributed by atoms with van der Waals surface area (Å²) in [5.74, 6) is 3.27. The largest absolute Gasteiger partial charge is 0.480 e. The van der Waals surface area contributed by atoms with Crippen molar-refractivity contribution in [1.82, 2.24) is 4.90 Å². The van der Waals surface area contributed by atoms with E-state index in [0.717, 1.165) is 0 Å². The molecule has 31 heavy (non-hydrogen) atoms. The molecule has 0 unspecified atom stereocenters. The van der Waals surface area contributed by atoms with E-state index in [1.165, 1.54) is 24.3 Å². The Morgan fingerprint density at radius 2 is 1.74 bits per heavy atom. The Kier molecular flexibility index (Phi) is 5.52. The molecule has 1 fully saturated rings. The van der Waals surface area contributed by atoms with Crippen molar-refractivity contribution in [3.8, 4) is 35.3 Å². The number of likely N-dealkylation sites (tertiary alicyclic amines) is 1. The van der Waals surface area contributed by atoms with Crippen molar-refractivity contribution in [3.05, 3.63) is 42.5 Å². The summed E-state index contributed by atoms with van der Waals surface area (Å²) in [5, 5.41) is 9.84. The van der Waals surface area contributed by atoms with Gasteiger partial charge in [0.05, 0.1) is 11.4 Å². The molecule has 0 radical (unpaired) electrons. The minimum Gasteiger partial charge on any atom is -0.480 e. The lowest BCUT2D eigenvalue weighted by atomic mass is 9.96. The van der Waals surface area contributed by atoms with Gasteiger partial charge in [0, 0.05) is 19.2 Å². The molecule has 4 rings (SSSR count). The SMILES string of the molecule is C#CCN1CCC(C(=O)O)(S(=O)(=O)c2ccc(Oc3ccc4c(c3)OCO4)cc2)CC1. The smallest absolute Gasteiger partial charge is 0.325 e. The first-order valence-electron chi connectivity index (χ1n) is 9.67. The van der Waals surface area contributed by atoms with E-state index in [1.807, 2.05) is 4.90 Å². The summed E-state index contributed by atoms with van der Waals surface area (Å²) < 4.78 is 41.1. The molecular formula is C22H21NO7S. The van der Waals surface area contributed by atoms with Crippen LogP contribution in [0.15, 0.2) is 47.4 Å². The lowest BCUT2D eigenvalue weighted by Gasteiger charge is -2.37. The van der Waals surface area contributed by atoms with E-state index in [9.17, 15) is 18.3 Å². The standard InChI is InChI=1S/C22H21NO7S/c1-2-11-23-12-9-22(10-13-23,21(24)25)31(26,27)18-6-3-16(4-7-18)30-17-5-8-19-20(14-17)29-15-28-19/h1,3-8,14H,9-13,15H2,(H,24,25). The molecule has 0 amide bonds. The first kappa shape index (κ1) is 21.0. The van der Waals surface area contributed by atoms with Crippen LogP contribution in [-0.4, -0.2) is 55.6 Å². The van der Waals surface area contributed by atoms with Gasteiger partial charge in [0.2, 0.25) is 6.79 Å². The number of fused-ring (bicyclic) bond motifs is 1. The van der Waals surface area contributed by atoms with Gasteiger partial charge in [-0.05, 0) is 49.2 Å². The number of nitrogens with zero attached hydrogens (tertiary/aromatic N) is 1. The number of hydrogen-bond donors (Lipinski definition) is 1. The summed E-state index contributed by atoms with van der Waals surface area (Å²) in [5.41, 5.74) is 0. The van der Waals surface area contributed by atoms with Gasteiger partial charge in [-0.1, -0.05) is 5.92 Å². The maximum absolute atomic E-state index is 13.3. The zero-order valence-electron chi connectivity index (χ0n) is 16.6. The maximum Gasteiger partial charge on any atom is 0.325 e. The highest BCUT2D eigenvalue weighted by atomic mass is 32.2. The molecular weight excluding hydrogens is 422 g/mol. The molecule has 0 bridgehead atoms. The number of carboxylic acid groups (broad SMARTS) is 1. The summed E-state index contributed by atoms with van der Waals surface area (Å²) in [6.45, 7) is 1.13. The molecule has 0 aliphatic carbocycles. The number of sulfone groups is 1. The Bertz CT molecular complexity index is 1130. The minimum atomic E-state index is -4.13. The van der Waals surface area contributed by atoms with Crippen molar-refractivity contribution in [3.63, 3.8) is 0 Å². The predicted octanol–water partition coefficient (Wildman–Crippen LogP) is 2.53. The Hall–Kier alpha value is -3.22. The molecule has 2 heterocycles. The van der Waals surface area contributed by atoms with Crippen molar-refractivity contribution in [1.29, 1.82) is 0 Å². The average Bonchev–Trinajstić information content (AvgIpc) is 3.22. The monoisotopic (exact) mass is 443 g/mol. The molecule has 162 valence electrons. The molecule has 2 aliphatic heterocycles. The fraction of sp³-hybridized carbons (Fsp3) is 0.318. The Morgan fingerprint density at radius 3 is 2.39 bits per heavy atom. The summed E-state index contributed by atoms with van der Waals surface area (Å²) in [6, 6.07) is 10.9. The lowest BCUT2D eigenvalue weighted by Crippen LogP contribution is -2.54. The summed E-state index contributed by atoms with van der Waals surface area (Å²) in [7, 11) is -4.13. The minimum absolute atomic E-state index is 0.0260. The first-order valence-corrected chi connectivity index (χ1v) is 11.2. The van der Waals surface area contributed by atoms with Crippen molar-refractivity contribution in [2.24, 2.45) is 0 Å². The topological polar surface area (TPSA) is 102 Å². The number of ether oxygens (including phenoxy) is 3. The van der Waals surface area contributed by atoms with Crippen LogP contribution < -0.4 is 14.2 Å². The molecule has 0 atom stereocenters. The maximum atomic E-state index is 13.3. The van der Waals surface area contributed by atoms with Crippen molar-refractivity contribution < 1.29 is 32.5 Å². The van der Waals surface area contributed by atoms with Gasteiger partial charge in [0.1, 0.15) is 11.5 Å². The van der Waals surface area contributed by atoms with E-state index in [4.69, 9.17) is 20.6 Å². The van der Waals surface area contributed by atoms with Crippen LogP contribution in [0.1, 0.15) is 12.8 Å². The molecule has 0 spiro atoms. The lowest BCUT2D eigenvalue weighted by molar-refractivity contribution is -0.141. The van der Waals surface area contributed by atoms with E-state index in [2.05, 4.69) is 5.92 Å². The molecule has 2 aliphatic rings. The van der Waals surface area contributed by atoms with Crippen LogP contribution >= 0.6 is 0 Å². The number of carboxylic acids is 1. The van der Waals surface area contributed by atoms with Crippen LogP contribution in [0.3, 0.4) is 0 Å². The highest BCUT2D eigenvalue weighted by molar-refractivity contribution is 7.93. The van der Waals surface area contributed by atoms with E-state index in [-0.39, 0.29) is 24.5 Å². The van der Waals surface area contributed by atoms with Gasteiger partial charge in [0.25, 0.3) is 0 Å². The molecule has 8 nitrogen and oxygen atoms in total. The first-order chi connectivity index (χ1) is 14.9. The second-order valence-corrected chi connectivity index (χ2v) is 9.63. The van der Waals surface area contributed by atoms with Crippen LogP contribution in [-0.2, 0) is 14.6 Å². The number of hydrogen-bond acceptors (Lipinski definition) is 7. The number of aliphatic carboxylic acids is 1. The Balaban J connectivity index is 1.54. The molecule has 2 aromatic carbocycles. The third-order valence-corrected chi connectivity index (χ3v) is 8.10. The van der Waals surface area contributed by atoms with E-state index < -0.39 is 20.6 Å². The number of terminal acetylenes is 1. The quantitative estimate of drug-likeness (QED) is 0.680. The van der Waals surface area contributed by atoms with Gasteiger partial charge in [-0.2, -0.15) is 0 Å². The molecule has 0 aromatic heterocycles. The molecule has 0 saturated carbocycles. The fourth-order valence-electron chi connectivity index (χ4n) is 3.79. The third kappa shape index (κ3) is 3.80. The predicted molar refractivity (Wildman–Crippen MR) is 111 cm³/mol. The van der Waals surface area contributed by atoms with Crippen molar-refractivity contribution in [2.75, 3.05) is 26.4 Å². The van der Waals surface area contributed by atoms with Gasteiger partial charge in [-0.3, -0.25) is 9.69 Å². The molecule has 1 N–H and O–H groups in total. The third-order valence-electron chi connectivity index (χ3n) is 5.60. The van der Waals surface area contributed by atoms with E-state index >= 15 is 0 Å². The van der Waals surface area contributed by atoms with Gasteiger partial charge in [-0.25, -0.2) is 8.42 Å². The number of carbonyl (C=O) groups is 1. The number of benzene rings is 2. The Morgan fingerprint density at radius 1 is 1.10 bits per heavy atom. The van der Waals surface area contributed by atoms with Crippen LogP contribution in [0.25, 0.3) is 0 Å². The zero-order valence-corrected chi connectivity index (χ0v) is 17.4. The van der Waals surface area contributed by atoms with Crippen LogP contribution in [0.2, 0.25) is 0 Å². The Labute approximate surface area is 180 Å². The molecule has 2 aromatic rings. The normalized spacial score (nSPS) is 17.6. The van der Waals surface area contributed by atoms with E-state index in [0.29, 0.717) is 42.6 Å². The van der Waals surface area contributed by atoms with Crippen LogP contribution in [0.4, 0.5) is 0 Å².